The van der Waals surface area contributed by atoms with E-state index in [1.807, 2.05) is 7.05 Å². The van der Waals surface area contributed by atoms with E-state index in [9.17, 15) is 0 Å². The Hall–Kier alpha value is -0.860. The zero-order chi connectivity index (χ0) is 12.3. The second kappa shape index (κ2) is 9.20. The molecule has 0 saturated heterocycles. The van der Waals surface area contributed by atoms with Gasteiger partial charge >= 0.3 is 0 Å². The van der Waals surface area contributed by atoms with E-state index in [4.69, 9.17) is 4.74 Å². The van der Waals surface area contributed by atoms with E-state index in [0.717, 1.165) is 32.5 Å². The molecule has 0 aliphatic rings. The maximum absolute atomic E-state index is 5.62. The quantitative estimate of drug-likeness (QED) is 0.664. The highest BCUT2D eigenvalue weighted by Gasteiger charge is 1.97. The highest BCUT2D eigenvalue weighted by atomic mass is 16.5. The van der Waals surface area contributed by atoms with Gasteiger partial charge in [0.05, 0.1) is 0 Å². The molecule has 1 atom stereocenters. The molecule has 1 aromatic rings. The molecule has 17 heavy (non-hydrogen) atoms. The van der Waals surface area contributed by atoms with Crippen molar-refractivity contribution >= 4 is 0 Å². The maximum atomic E-state index is 5.62. The second-order valence-electron chi connectivity index (χ2n) is 4.53. The number of hydrogen-bond acceptors (Lipinski definition) is 2. The van der Waals surface area contributed by atoms with Gasteiger partial charge in [-0.2, -0.15) is 0 Å². The Morgan fingerprint density at radius 3 is 2.53 bits per heavy atom. The highest BCUT2D eigenvalue weighted by molar-refractivity contribution is 5.14. The average molecular weight is 235 g/mol. The summed E-state index contributed by atoms with van der Waals surface area (Å²) in [4.78, 5) is 0. The third-order valence-corrected chi connectivity index (χ3v) is 3.02. The van der Waals surface area contributed by atoms with Crippen LogP contribution in [0.1, 0.15) is 31.7 Å². The molecule has 0 aliphatic carbocycles. The van der Waals surface area contributed by atoms with Crippen molar-refractivity contribution < 1.29 is 4.74 Å². The fourth-order valence-corrected chi connectivity index (χ4v) is 1.76. The SMILES string of the molecule is CNC(C)CCCOCCCc1ccccc1. The molecule has 2 heteroatoms. The average Bonchev–Trinajstić information content (AvgIpc) is 2.38. The molecule has 0 aromatic heterocycles. The molecule has 1 unspecified atom stereocenters. The third kappa shape index (κ3) is 7.14. The van der Waals surface area contributed by atoms with E-state index in [1.165, 1.54) is 12.0 Å². The standard InChI is InChI=1S/C15H25NO/c1-14(16-2)8-6-12-17-13-7-11-15-9-4-3-5-10-15/h3-5,9-10,14,16H,6-8,11-13H2,1-2H3. The molecule has 96 valence electrons. The molecule has 0 heterocycles. The minimum Gasteiger partial charge on any atom is -0.381 e. The van der Waals surface area contributed by atoms with Crippen molar-refractivity contribution in [1.82, 2.24) is 5.32 Å². The second-order valence-corrected chi connectivity index (χ2v) is 4.53. The van der Waals surface area contributed by atoms with Crippen molar-refractivity contribution in [3.05, 3.63) is 35.9 Å². The molecule has 0 radical (unpaired) electrons. The van der Waals surface area contributed by atoms with Gasteiger partial charge in [-0.25, -0.2) is 0 Å². The van der Waals surface area contributed by atoms with Gasteiger partial charge < -0.3 is 10.1 Å². The predicted molar refractivity (Wildman–Crippen MR) is 73.3 cm³/mol. The molecule has 2 nitrogen and oxygen atoms in total. The number of benzene rings is 1. The van der Waals surface area contributed by atoms with Gasteiger partial charge in [0.15, 0.2) is 0 Å². The molecule has 0 fully saturated rings. The van der Waals surface area contributed by atoms with Crippen LogP contribution < -0.4 is 5.32 Å². The lowest BCUT2D eigenvalue weighted by molar-refractivity contribution is 0.126. The predicted octanol–water partition coefficient (Wildman–Crippen LogP) is 3.02. The number of rotatable bonds is 9. The normalized spacial score (nSPS) is 12.6. The molecule has 0 spiro atoms. The first-order valence-electron chi connectivity index (χ1n) is 6.62. The van der Waals surface area contributed by atoms with Crippen molar-refractivity contribution in [2.45, 2.75) is 38.6 Å². The summed E-state index contributed by atoms with van der Waals surface area (Å²) in [5.74, 6) is 0. The molecular formula is C15H25NO. The van der Waals surface area contributed by atoms with Crippen molar-refractivity contribution in [2.75, 3.05) is 20.3 Å². The lowest BCUT2D eigenvalue weighted by atomic mass is 10.1. The first kappa shape index (κ1) is 14.2. The monoisotopic (exact) mass is 235 g/mol. The largest absolute Gasteiger partial charge is 0.381 e. The Kier molecular flexibility index (Phi) is 7.69. The molecule has 0 bridgehead atoms. The Morgan fingerprint density at radius 1 is 1.12 bits per heavy atom. The summed E-state index contributed by atoms with van der Waals surface area (Å²) in [6, 6.07) is 11.2. The summed E-state index contributed by atoms with van der Waals surface area (Å²) in [6.45, 7) is 3.97. The van der Waals surface area contributed by atoms with E-state index in [-0.39, 0.29) is 0 Å². The third-order valence-electron chi connectivity index (χ3n) is 3.02. The molecule has 0 aliphatic heterocycles. The zero-order valence-corrected chi connectivity index (χ0v) is 11.1. The van der Waals surface area contributed by atoms with Crippen LogP contribution in [0.25, 0.3) is 0 Å². The lowest BCUT2D eigenvalue weighted by Gasteiger charge is -2.09. The molecular weight excluding hydrogens is 210 g/mol. The minimum atomic E-state index is 0.600. The van der Waals surface area contributed by atoms with Gasteiger partial charge in [0.1, 0.15) is 0 Å². The molecule has 0 saturated carbocycles. The highest BCUT2D eigenvalue weighted by Crippen LogP contribution is 2.03. The summed E-state index contributed by atoms with van der Waals surface area (Å²) in [7, 11) is 2.01. The Bertz CT molecular complexity index is 274. The van der Waals surface area contributed by atoms with Gasteiger partial charge in [0.2, 0.25) is 0 Å². The van der Waals surface area contributed by atoms with Crippen LogP contribution in [0.2, 0.25) is 0 Å². The van der Waals surface area contributed by atoms with E-state index in [2.05, 4.69) is 42.6 Å². The summed E-state index contributed by atoms with van der Waals surface area (Å²) in [5.41, 5.74) is 1.40. The van der Waals surface area contributed by atoms with Crippen molar-refractivity contribution in [3.8, 4) is 0 Å². The van der Waals surface area contributed by atoms with Gasteiger partial charge in [-0.15, -0.1) is 0 Å². The summed E-state index contributed by atoms with van der Waals surface area (Å²) >= 11 is 0. The fraction of sp³-hybridized carbons (Fsp3) is 0.600. The number of nitrogens with one attached hydrogen (secondary N) is 1. The van der Waals surface area contributed by atoms with E-state index < -0.39 is 0 Å². The maximum Gasteiger partial charge on any atom is 0.0469 e. The first-order chi connectivity index (χ1) is 8.33. The molecule has 1 rings (SSSR count). The van der Waals surface area contributed by atoms with Crippen LogP contribution in [0, 0.1) is 0 Å². The molecule has 1 aromatic carbocycles. The Labute approximate surface area is 105 Å². The molecule has 1 N–H and O–H groups in total. The van der Waals surface area contributed by atoms with Crippen LogP contribution >= 0.6 is 0 Å². The van der Waals surface area contributed by atoms with Gasteiger partial charge in [-0.05, 0) is 45.2 Å². The van der Waals surface area contributed by atoms with E-state index >= 15 is 0 Å². The number of ether oxygens (including phenoxy) is 1. The number of aryl methyl sites for hydroxylation is 1. The topological polar surface area (TPSA) is 21.3 Å². The van der Waals surface area contributed by atoms with Crippen LogP contribution in [0.5, 0.6) is 0 Å². The van der Waals surface area contributed by atoms with E-state index in [1.54, 1.807) is 0 Å². The molecule has 0 amide bonds. The summed E-state index contributed by atoms with van der Waals surface area (Å²) < 4.78 is 5.62. The van der Waals surface area contributed by atoms with Crippen LogP contribution in [-0.4, -0.2) is 26.3 Å². The van der Waals surface area contributed by atoms with Crippen LogP contribution in [-0.2, 0) is 11.2 Å². The van der Waals surface area contributed by atoms with Crippen LogP contribution in [0.3, 0.4) is 0 Å². The lowest BCUT2D eigenvalue weighted by Crippen LogP contribution is -2.21. The van der Waals surface area contributed by atoms with Gasteiger partial charge in [0.25, 0.3) is 0 Å². The van der Waals surface area contributed by atoms with Crippen LogP contribution in [0.15, 0.2) is 30.3 Å². The Balaban J connectivity index is 1.91. The summed E-state index contributed by atoms with van der Waals surface area (Å²) in [6.07, 6.45) is 4.57. The number of hydrogen-bond donors (Lipinski definition) is 1. The zero-order valence-electron chi connectivity index (χ0n) is 11.1. The van der Waals surface area contributed by atoms with Gasteiger partial charge in [-0.1, -0.05) is 30.3 Å². The minimum absolute atomic E-state index is 0.600. The smallest absolute Gasteiger partial charge is 0.0469 e. The summed E-state index contributed by atoms with van der Waals surface area (Å²) in [5, 5.41) is 3.23. The first-order valence-corrected chi connectivity index (χ1v) is 6.62. The van der Waals surface area contributed by atoms with Crippen LogP contribution in [0.4, 0.5) is 0 Å². The van der Waals surface area contributed by atoms with Gasteiger partial charge in [-0.3, -0.25) is 0 Å². The van der Waals surface area contributed by atoms with Crippen molar-refractivity contribution in [2.24, 2.45) is 0 Å². The van der Waals surface area contributed by atoms with E-state index in [0.29, 0.717) is 6.04 Å². The van der Waals surface area contributed by atoms with Crippen molar-refractivity contribution in [1.29, 1.82) is 0 Å². The Morgan fingerprint density at radius 2 is 1.82 bits per heavy atom. The van der Waals surface area contributed by atoms with Gasteiger partial charge in [0, 0.05) is 19.3 Å². The fourth-order valence-electron chi connectivity index (χ4n) is 1.76. The van der Waals surface area contributed by atoms with Crippen molar-refractivity contribution in [3.63, 3.8) is 0 Å².